The maximum atomic E-state index is 4.93. The van der Waals surface area contributed by atoms with Gasteiger partial charge in [0.2, 0.25) is 0 Å². The summed E-state index contributed by atoms with van der Waals surface area (Å²) in [7, 11) is 9.87. The molecule has 8 aliphatic carbocycles. The molecule has 0 heterocycles. The van der Waals surface area contributed by atoms with Gasteiger partial charge in [-0.2, -0.15) is 0 Å². The molecule has 0 aromatic heterocycles. The number of hydrogen-bond donors (Lipinski definition) is 0. The molecule has 0 amide bonds. The number of hydrogen-bond acceptors (Lipinski definition) is 0. The molecule has 0 nitrogen and oxygen atoms in total. The first-order valence-corrected chi connectivity index (χ1v) is 32.6. The Bertz CT molecular complexity index is 1360. The van der Waals surface area contributed by atoms with Gasteiger partial charge in [0.05, 0.1) is 0 Å². The summed E-state index contributed by atoms with van der Waals surface area (Å²) in [5.74, 6) is 9.53. The molecule has 0 bridgehead atoms. The third-order valence-electron chi connectivity index (χ3n) is 15.3. The molecule has 3 heteroatoms. The normalized spacial score (nSPS) is 30.5. The average molecular weight is 974 g/mol. The molecule has 0 aliphatic heterocycles. The zero-order chi connectivity index (χ0) is 44.5. The second kappa shape index (κ2) is 35.8. The van der Waals surface area contributed by atoms with Gasteiger partial charge in [0, 0.05) is 0 Å². The molecule has 9 atom stereocenters. The van der Waals surface area contributed by atoms with Gasteiger partial charge >= 0.3 is 37.9 Å². The van der Waals surface area contributed by atoms with Crippen molar-refractivity contribution in [3.05, 3.63) is 97.4 Å². The fourth-order valence-corrected chi connectivity index (χ4v) is 12.7. The Balaban J connectivity index is 0.00000227. The minimum atomic E-state index is -0.826. The van der Waals surface area contributed by atoms with Gasteiger partial charge in [-0.05, 0) is 159 Å². The molecule has 8 unspecified atom stereocenters. The van der Waals surface area contributed by atoms with E-state index >= 15 is 0 Å². The van der Waals surface area contributed by atoms with E-state index in [9.17, 15) is 0 Å². The molecule has 4 saturated carbocycles. The van der Waals surface area contributed by atoms with Crippen LogP contribution in [0.1, 0.15) is 212 Å². The third kappa shape index (κ3) is 17.7. The fraction of sp³-hybridized carbons (Fsp3) is 0.729. The number of halogens is 2. The van der Waals surface area contributed by atoms with Gasteiger partial charge in [-0.1, -0.05) is 201 Å². The van der Waals surface area contributed by atoms with E-state index in [1.54, 1.807) is 27.9 Å². The number of rotatable bonds is 8. The second-order valence-corrected chi connectivity index (χ2v) is 22.0. The second-order valence-electron chi connectivity index (χ2n) is 18.3. The van der Waals surface area contributed by atoms with Gasteiger partial charge in [0.1, 0.15) is 0 Å². The van der Waals surface area contributed by atoms with Crippen LogP contribution in [-0.2, 0) is 20.8 Å². The van der Waals surface area contributed by atoms with Crippen LogP contribution in [0.3, 0.4) is 0 Å². The van der Waals surface area contributed by atoms with Crippen LogP contribution in [0.25, 0.3) is 0 Å². The molecular weight excluding hydrogens is 871 g/mol. The van der Waals surface area contributed by atoms with Crippen LogP contribution in [0.2, 0.25) is 0 Å². The topological polar surface area (TPSA) is 0 Å². The summed E-state index contributed by atoms with van der Waals surface area (Å²) in [5, 5.41) is 0. The first-order valence-electron chi connectivity index (χ1n) is 26.3. The van der Waals surface area contributed by atoms with E-state index in [1.165, 1.54) is 128 Å². The van der Waals surface area contributed by atoms with Crippen molar-refractivity contribution in [2.24, 2.45) is 65.1 Å². The van der Waals surface area contributed by atoms with Crippen LogP contribution in [0, 0.1) is 80.0 Å². The molecule has 0 N–H and O–H groups in total. The Morgan fingerprint density at radius 2 is 0.968 bits per heavy atom. The molecule has 8 rings (SSSR count). The van der Waals surface area contributed by atoms with Gasteiger partial charge < -0.3 is 14.9 Å². The Morgan fingerprint density at radius 1 is 0.532 bits per heavy atom. The molecule has 8 aliphatic rings. The Morgan fingerprint density at radius 3 is 1.35 bits per heavy atom. The third-order valence-corrected chi connectivity index (χ3v) is 15.3. The van der Waals surface area contributed by atoms with Crippen molar-refractivity contribution in [3.8, 4) is 0 Å². The van der Waals surface area contributed by atoms with Crippen LogP contribution in [0.15, 0.2) is 82.5 Å². The minimum absolute atomic E-state index is 0. The average Bonchev–Trinajstić information content (AvgIpc) is 3.85. The van der Waals surface area contributed by atoms with Crippen molar-refractivity contribution < 1.29 is 20.8 Å². The molecule has 4 fully saturated rings. The van der Waals surface area contributed by atoms with Crippen molar-refractivity contribution in [3.63, 3.8) is 0 Å². The van der Waals surface area contributed by atoms with Gasteiger partial charge in [0.25, 0.3) is 0 Å². The SMILES string of the molecule is CC.CC.CC.CC.CC.CC1=CC=C(C2=CC=CC3C2CC(CC2CCCCC2)C3CC2C(CC3CCCCC3)CC3C(C4=CC[C@@H](C)CC4)=CC=CC32)CC1.[CH3-].[CH3-].[Cl][Zr+2][Cl]. The summed E-state index contributed by atoms with van der Waals surface area (Å²) in [5.41, 5.74) is 8.48. The fourth-order valence-electron chi connectivity index (χ4n) is 12.7. The van der Waals surface area contributed by atoms with Crippen LogP contribution < -0.4 is 0 Å². The summed E-state index contributed by atoms with van der Waals surface area (Å²) in [4.78, 5) is 0. The summed E-state index contributed by atoms with van der Waals surface area (Å²) in [6, 6.07) is 0. The maximum absolute atomic E-state index is 4.93. The van der Waals surface area contributed by atoms with Crippen molar-refractivity contribution >= 4 is 17.0 Å². The molecule has 0 aromatic carbocycles. The molecule has 356 valence electrons. The Kier molecular flexibility index (Phi) is 35.6. The van der Waals surface area contributed by atoms with E-state index in [4.69, 9.17) is 17.0 Å². The van der Waals surface area contributed by atoms with Crippen LogP contribution >= 0.6 is 17.0 Å². The van der Waals surface area contributed by atoms with E-state index in [2.05, 4.69) is 68.5 Å². The van der Waals surface area contributed by atoms with Gasteiger partial charge in [-0.15, -0.1) is 0 Å². The molecule has 0 saturated heterocycles. The monoisotopic (exact) mass is 971 g/mol. The standard InChI is InChI=1S/C47H66.5C2H6.2CH3.2ClH.Zr/c1-32-19-23-36(24-20-32)40-15-9-17-42-44(38(29-46(40)42)27-34-11-5-3-6-12-34)31-45-39(28-35-13-7-4-8-14-35)30-47-41(16-10-18-43(45)47)37-25-21-33(2)22-26-37;5*1-2;;;;;/h9-10,15-19,23,25,33-35,38-39,42-47H,3-8,11-14,20-22,24,26-31H2,1-2H3;5*1-2H3;2*1H3;2*1H;/q;;;;;;2*-1;;;+4/p-2/t33-,38?,39?,42?,43?,44?,45?,46?,47?;;;;;;;;;;/m1........../s1. The van der Waals surface area contributed by atoms with Gasteiger partial charge in [0.15, 0.2) is 0 Å². The van der Waals surface area contributed by atoms with E-state index in [-0.39, 0.29) is 14.9 Å². The Labute approximate surface area is 408 Å². The predicted molar refractivity (Wildman–Crippen MR) is 282 cm³/mol. The zero-order valence-corrected chi connectivity index (χ0v) is 47.4. The van der Waals surface area contributed by atoms with Crippen molar-refractivity contribution in [1.82, 2.24) is 0 Å². The van der Waals surface area contributed by atoms with Crippen LogP contribution in [0.5, 0.6) is 0 Å². The molecule has 0 aromatic rings. The first-order chi connectivity index (χ1) is 29.5. The molecule has 62 heavy (non-hydrogen) atoms. The Hall–Kier alpha value is -0.357. The van der Waals surface area contributed by atoms with Gasteiger partial charge in [-0.3, -0.25) is 0 Å². The summed E-state index contributed by atoms with van der Waals surface area (Å²) in [6.07, 6.45) is 52.2. The summed E-state index contributed by atoms with van der Waals surface area (Å²) in [6.45, 7) is 24.8. The zero-order valence-electron chi connectivity index (χ0n) is 43.4. The van der Waals surface area contributed by atoms with Crippen LogP contribution in [-0.4, -0.2) is 0 Å². The van der Waals surface area contributed by atoms with E-state index in [0.717, 1.165) is 65.1 Å². The predicted octanol–water partition coefficient (Wildman–Crippen LogP) is 20.9. The summed E-state index contributed by atoms with van der Waals surface area (Å²) >= 11 is -0.826. The van der Waals surface area contributed by atoms with E-state index in [1.807, 2.05) is 69.2 Å². The molecule has 0 spiro atoms. The van der Waals surface area contributed by atoms with Crippen molar-refractivity contribution in [1.29, 1.82) is 0 Å². The van der Waals surface area contributed by atoms with Gasteiger partial charge in [-0.25, -0.2) is 0 Å². The quantitative estimate of drug-likeness (QED) is 0.213. The van der Waals surface area contributed by atoms with E-state index in [0.29, 0.717) is 0 Å². The molecular formula is C59H102Cl2Zr. The van der Waals surface area contributed by atoms with Crippen molar-refractivity contribution in [2.75, 3.05) is 0 Å². The number of allylic oxidation sites excluding steroid dienone is 14. The molecule has 0 radical (unpaired) electrons. The summed E-state index contributed by atoms with van der Waals surface area (Å²) < 4.78 is 0. The first kappa shape index (κ1) is 61.6. The van der Waals surface area contributed by atoms with Crippen LogP contribution in [0.4, 0.5) is 0 Å². The van der Waals surface area contributed by atoms with Crippen molar-refractivity contribution in [2.45, 2.75) is 212 Å². The van der Waals surface area contributed by atoms with E-state index < -0.39 is 20.8 Å². The number of fused-ring (bicyclic) bond motifs is 2.